The molecule has 5 rings (SSSR count). The highest BCUT2D eigenvalue weighted by atomic mass is 32.3. The van der Waals surface area contributed by atoms with Gasteiger partial charge in [-0.15, -0.1) is 0 Å². The predicted octanol–water partition coefficient (Wildman–Crippen LogP) is 5.63. The maximum Gasteiger partial charge on any atom is 0.229 e. The lowest BCUT2D eigenvalue weighted by atomic mass is 10.1. The monoisotopic (exact) mass is 499 g/mol. The van der Waals surface area contributed by atoms with Crippen LogP contribution < -0.4 is 5.32 Å². The van der Waals surface area contributed by atoms with E-state index in [9.17, 15) is 9.11 Å². The van der Waals surface area contributed by atoms with Gasteiger partial charge >= 0.3 is 0 Å². The van der Waals surface area contributed by atoms with Crippen molar-refractivity contribution >= 4 is 33.3 Å². The average molecular weight is 500 g/mol. The van der Waals surface area contributed by atoms with E-state index in [0.717, 1.165) is 16.6 Å². The van der Waals surface area contributed by atoms with Gasteiger partial charge in [0, 0.05) is 48.7 Å². The van der Waals surface area contributed by atoms with Crippen molar-refractivity contribution in [1.29, 1.82) is 0 Å². The summed E-state index contributed by atoms with van der Waals surface area (Å²) in [6.45, 7) is 4.92. The highest BCUT2D eigenvalue weighted by molar-refractivity contribution is 8.24. The summed E-state index contributed by atoms with van der Waals surface area (Å²) in [6.07, 6.45) is 3.38. The molecule has 35 heavy (non-hydrogen) atoms. The minimum Gasteiger partial charge on any atom is -0.324 e. The van der Waals surface area contributed by atoms with Crippen LogP contribution in [0, 0.1) is 25.5 Å². The Labute approximate surface area is 203 Å². The SMILES string of the molecule is Cc1ccc(Nc2ncc3ccn(-c4cc(F)c(CN5CCS(O)(O)CC5)c(F)c4)c3n2)cc1C. The first-order valence-corrected chi connectivity index (χ1v) is 13.2. The second-order valence-corrected chi connectivity index (χ2v) is 11.4. The van der Waals surface area contributed by atoms with Crippen LogP contribution in [0.3, 0.4) is 0 Å². The van der Waals surface area contributed by atoms with Crippen molar-refractivity contribution in [2.24, 2.45) is 0 Å². The van der Waals surface area contributed by atoms with Gasteiger partial charge in [-0.3, -0.25) is 14.0 Å². The van der Waals surface area contributed by atoms with Crippen molar-refractivity contribution in [2.45, 2.75) is 20.4 Å². The number of nitrogens with one attached hydrogen (secondary N) is 1. The zero-order valence-electron chi connectivity index (χ0n) is 19.5. The first-order chi connectivity index (χ1) is 16.7. The minimum absolute atomic E-state index is 0.0321. The van der Waals surface area contributed by atoms with Crippen LogP contribution in [0.1, 0.15) is 16.7 Å². The number of anilines is 2. The van der Waals surface area contributed by atoms with Crippen LogP contribution in [0.25, 0.3) is 16.7 Å². The first kappa shape index (κ1) is 23.7. The van der Waals surface area contributed by atoms with Crippen molar-refractivity contribution in [1.82, 2.24) is 19.4 Å². The highest BCUT2D eigenvalue weighted by Gasteiger charge is 2.24. The predicted molar refractivity (Wildman–Crippen MR) is 136 cm³/mol. The molecule has 0 saturated carbocycles. The van der Waals surface area contributed by atoms with E-state index >= 15 is 8.78 Å². The summed E-state index contributed by atoms with van der Waals surface area (Å²) >= 11 is 0. The van der Waals surface area contributed by atoms with Gasteiger partial charge in [0.1, 0.15) is 17.3 Å². The second kappa shape index (κ2) is 9.19. The number of hydrogen-bond acceptors (Lipinski definition) is 6. The van der Waals surface area contributed by atoms with E-state index in [0.29, 0.717) is 30.4 Å². The van der Waals surface area contributed by atoms with Crippen molar-refractivity contribution in [3.05, 3.63) is 77.1 Å². The van der Waals surface area contributed by atoms with Gasteiger partial charge in [0.25, 0.3) is 0 Å². The molecule has 0 atom stereocenters. The molecule has 0 spiro atoms. The standard InChI is InChI=1S/C25H27F2N5O2S/c1-16-3-4-19(11-17(16)2)29-25-28-14-18-5-6-32(24(18)30-25)20-12-22(26)21(23(27)13-20)15-31-7-9-35(33,34)10-8-31/h3-6,11-14,33-34H,7-10,15H2,1-2H3,(H,28,29,30). The van der Waals surface area contributed by atoms with Gasteiger partial charge < -0.3 is 9.88 Å². The normalized spacial score (nSPS) is 17.0. The summed E-state index contributed by atoms with van der Waals surface area (Å²) in [4.78, 5) is 10.8. The fraction of sp³-hybridized carbons (Fsp3) is 0.280. The number of fused-ring (bicyclic) bond motifs is 1. The molecule has 4 aromatic rings. The Bertz CT molecular complexity index is 1380. The molecule has 2 aromatic carbocycles. The molecule has 0 amide bonds. The number of rotatable bonds is 5. The lowest BCUT2D eigenvalue weighted by Crippen LogP contribution is -2.38. The molecule has 10 heteroatoms. The van der Waals surface area contributed by atoms with Crippen molar-refractivity contribution < 1.29 is 17.9 Å². The molecule has 0 unspecified atom stereocenters. The van der Waals surface area contributed by atoms with E-state index in [1.807, 2.05) is 36.9 Å². The summed E-state index contributed by atoms with van der Waals surface area (Å²) in [5.41, 5.74) is 4.00. The van der Waals surface area contributed by atoms with Crippen LogP contribution in [0.15, 0.2) is 48.8 Å². The molecule has 3 heterocycles. The molecule has 7 nitrogen and oxygen atoms in total. The van der Waals surface area contributed by atoms with Gasteiger partial charge in [-0.05, 0) is 55.3 Å². The van der Waals surface area contributed by atoms with Gasteiger partial charge in [-0.1, -0.05) is 6.07 Å². The van der Waals surface area contributed by atoms with Crippen LogP contribution in [0.5, 0.6) is 0 Å². The molecular weight excluding hydrogens is 472 g/mol. The molecule has 1 aliphatic rings. The summed E-state index contributed by atoms with van der Waals surface area (Å²) in [5, 5.41) is 3.94. The number of hydrogen-bond donors (Lipinski definition) is 3. The Hall–Kier alpha value is -3.05. The summed E-state index contributed by atoms with van der Waals surface area (Å²) in [5.74, 6) is -0.471. The summed E-state index contributed by atoms with van der Waals surface area (Å²) in [6, 6.07) is 10.4. The van der Waals surface area contributed by atoms with E-state index in [4.69, 9.17) is 0 Å². The minimum atomic E-state index is -2.56. The largest absolute Gasteiger partial charge is 0.324 e. The molecule has 3 N–H and O–H groups in total. The molecule has 1 saturated heterocycles. The third kappa shape index (κ3) is 5.01. The third-order valence-corrected chi connectivity index (χ3v) is 8.12. The quantitative estimate of drug-likeness (QED) is 0.330. The van der Waals surface area contributed by atoms with Crippen LogP contribution >= 0.6 is 10.6 Å². The van der Waals surface area contributed by atoms with E-state index in [1.165, 1.54) is 17.7 Å². The van der Waals surface area contributed by atoms with Gasteiger partial charge in [-0.25, -0.2) is 13.8 Å². The average Bonchev–Trinajstić information content (AvgIpc) is 3.23. The van der Waals surface area contributed by atoms with Crippen LogP contribution in [0.4, 0.5) is 20.4 Å². The number of aromatic nitrogens is 3. The Morgan fingerprint density at radius 2 is 1.71 bits per heavy atom. The number of benzene rings is 2. The molecule has 2 aromatic heterocycles. The number of aryl methyl sites for hydroxylation is 2. The maximum absolute atomic E-state index is 15.0. The van der Waals surface area contributed by atoms with Crippen LogP contribution in [-0.4, -0.2) is 53.1 Å². The zero-order valence-corrected chi connectivity index (χ0v) is 20.3. The molecule has 0 bridgehead atoms. The van der Waals surface area contributed by atoms with Gasteiger partial charge in [0.15, 0.2) is 0 Å². The molecule has 1 fully saturated rings. The van der Waals surface area contributed by atoms with Crippen LogP contribution in [-0.2, 0) is 6.54 Å². The zero-order chi connectivity index (χ0) is 24.7. The van der Waals surface area contributed by atoms with Gasteiger partial charge in [-0.2, -0.15) is 15.6 Å². The van der Waals surface area contributed by atoms with Crippen LogP contribution in [0.2, 0.25) is 0 Å². The Morgan fingerprint density at radius 1 is 1.00 bits per heavy atom. The molecule has 184 valence electrons. The van der Waals surface area contributed by atoms with Crippen molar-refractivity contribution in [2.75, 3.05) is 29.9 Å². The number of nitrogens with zero attached hydrogens (tertiary/aromatic N) is 4. The first-order valence-electron chi connectivity index (χ1n) is 11.3. The van der Waals surface area contributed by atoms with Gasteiger partial charge in [0.2, 0.25) is 5.95 Å². The highest BCUT2D eigenvalue weighted by Crippen LogP contribution is 2.40. The van der Waals surface area contributed by atoms with E-state index in [1.54, 1.807) is 23.0 Å². The summed E-state index contributed by atoms with van der Waals surface area (Å²) in [7, 11) is -2.56. The second-order valence-electron chi connectivity index (χ2n) is 8.96. The Balaban J connectivity index is 1.41. The third-order valence-electron chi connectivity index (χ3n) is 6.44. The van der Waals surface area contributed by atoms with Crippen molar-refractivity contribution in [3.8, 4) is 5.69 Å². The summed E-state index contributed by atoms with van der Waals surface area (Å²) < 4.78 is 51.2. The van der Waals surface area contributed by atoms with Gasteiger partial charge in [0.05, 0.1) is 17.2 Å². The van der Waals surface area contributed by atoms with E-state index in [-0.39, 0.29) is 23.6 Å². The maximum atomic E-state index is 15.0. The molecule has 0 radical (unpaired) electrons. The van der Waals surface area contributed by atoms with E-state index in [2.05, 4.69) is 15.3 Å². The lowest BCUT2D eigenvalue weighted by molar-refractivity contribution is 0.270. The molecule has 0 aliphatic carbocycles. The fourth-order valence-electron chi connectivity index (χ4n) is 4.16. The van der Waals surface area contributed by atoms with Crippen molar-refractivity contribution in [3.63, 3.8) is 0 Å². The topological polar surface area (TPSA) is 86.4 Å². The molecule has 1 aliphatic heterocycles. The smallest absolute Gasteiger partial charge is 0.229 e. The fourth-order valence-corrected chi connectivity index (χ4v) is 5.47. The lowest BCUT2D eigenvalue weighted by Gasteiger charge is -2.41. The Kier molecular flexibility index (Phi) is 6.22. The van der Waals surface area contributed by atoms with E-state index < -0.39 is 22.2 Å². The Morgan fingerprint density at radius 3 is 2.40 bits per heavy atom. The molecular formula is C25H27F2N5O2S. The number of halogens is 2.